The van der Waals surface area contributed by atoms with Crippen molar-refractivity contribution in [2.24, 2.45) is 4.36 Å². The maximum absolute atomic E-state index is 12.2. The quantitative estimate of drug-likeness (QED) is 0.532. The lowest BCUT2D eigenvalue weighted by molar-refractivity contribution is -0.123. The summed E-state index contributed by atoms with van der Waals surface area (Å²) in [6.07, 6.45) is 1.59. The van der Waals surface area contributed by atoms with Gasteiger partial charge in [0.25, 0.3) is 12.3 Å². The van der Waals surface area contributed by atoms with Crippen molar-refractivity contribution in [1.29, 1.82) is 0 Å². The first-order chi connectivity index (χ1) is 15.5. The van der Waals surface area contributed by atoms with Gasteiger partial charge in [-0.1, -0.05) is 10.7 Å². The Morgan fingerprint density at radius 3 is 2.88 bits per heavy atom. The number of nitrogens with one attached hydrogen (secondary N) is 2. The van der Waals surface area contributed by atoms with Gasteiger partial charge in [-0.15, -0.1) is 0 Å². The standard InChI is InChI=1S/C21H22F2N6O2S/c1-13-8-14(29-32-6-3-7-32)9-16-19(13)20(27-12-26-16)28-15-4-2-5-24-21(15)31-11-18(30)25-10-17(22)23/h2,4-5,8-9,12,17H,3,6-7,10-11H2,1H3,(H,25,30)(H,26,27,28). The highest BCUT2D eigenvalue weighted by Crippen LogP contribution is 2.32. The number of benzene rings is 1. The van der Waals surface area contributed by atoms with E-state index < -0.39 is 25.5 Å². The van der Waals surface area contributed by atoms with Gasteiger partial charge in [-0.25, -0.2) is 28.1 Å². The highest BCUT2D eigenvalue weighted by atomic mass is 32.2. The van der Waals surface area contributed by atoms with Crippen LogP contribution in [0.25, 0.3) is 10.9 Å². The summed E-state index contributed by atoms with van der Waals surface area (Å²) in [4.78, 5) is 24.6. The number of anilines is 2. The van der Waals surface area contributed by atoms with Gasteiger partial charge < -0.3 is 15.4 Å². The number of amides is 1. The maximum atomic E-state index is 12.2. The number of fused-ring (bicyclic) bond motifs is 1. The zero-order valence-corrected chi connectivity index (χ0v) is 18.2. The van der Waals surface area contributed by atoms with Gasteiger partial charge in [-0.2, -0.15) is 0 Å². The molecule has 1 aliphatic rings. The summed E-state index contributed by atoms with van der Waals surface area (Å²) in [5.41, 5.74) is 3.15. The predicted molar refractivity (Wildman–Crippen MR) is 120 cm³/mol. The second kappa shape index (κ2) is 9.94. The Bertz CT molecular complexity index is 1170. The number of carbonyl (C=O) groups is 1. The Hall–Kier alpha value is -3.21. The highest BCUT2D eigenvalue weighted by molar-refractivity contribution is 7.88. The lowest BCUT2D eigenvalue weighted by Crippen LogP contribution is -2.32. The van der Waals surface area contributed by atoms with Gasteiger partial charge in [0.05, 0.1) is 17.7 Å². The molecule has 168 valence electrons. The van der Waals surface area contributed by atoms with Crippen LogP contribution in [0.4, 0.5) is 26.0 Å². The number of pyridine rings is 1. The van der Waals surface area contributed by atoms with E-state index in [0.29, 0.717) is 11.5 Å². The zero-order valence-electron chi connectivity index (χ0n) is 17.3. The number of ether oxygens (including phenoxy) is 1. The van der Waals surface area contributed by atoms with Crippen LogP contribution in [0, 0.1) is 6.92 Å². The minimum atomic E-state index is -2.62. The third kappa shape index (κ3) is 5.34. The topological polar surface area (TPSA) is 101 Å². The van der Waals surface area contributed by atoms with E-state index in [2.05, 4.69) is 25.6 Å². The molecule has 3 aromatic rings. The van der Waals surface area contributed by atoms with E-state index >= 15 is 0 Å². The molecule has 11 heteroatoms. The van der Waals surface area contributed by atoms with Gasteiger partial charge in [0.1, 0.15) is 17.8 Å². The van der Waals surface area contributed by atoms with Crippen LogP contribution in [0.3, 0.4) is 0 Å². The summed E-state index contributed by atoms with van der Waals surface area (Å²) in [6.45, 7) is 0.819. The number of carbonyl (C=O) groups excluding carboxylic acids is 1. The molecule has 0 radical (unpaired) electrons. The van der Waals surface area contributed by atoms with E-state index in [1.54, 1.807) is 12.1 Å². The van der Waals surface area contributed by atoms with E-state index in [9.17, 15) is 13.6 Å². The summed E-state index contributed by atoms with van der Waals surface area (Å²) in [7, 11) is 0.118. The minimum absolute atomic E-state index is 0.118. The van der Waals surface area contributed by atoms with Gasteiger partial charge >= 0.3 is 0 Å². The number of rotatable bonds is 8. The fourth-order valence-electron chi connectivity index (χ4n) is 3.14. The van der Waals surface area contributed by atoms with Crippen LogP contribution < -0.4 is 15.4 Å². The third-order valence-electron chi connectivity index (χ3n) is 4.73. The van der Waals surface area contributed by atoms with Gasteiger partial charge in [-0.05, 0) is 43.2 Å². The normalized spacial score (nSPS) is 13.6. The number of hydrogen-bond acceptors (Lipinski definition) is 7. The molecular weight excluding hydrogens is 438 g/mol. The van der Waals surface area contributed by atoms with E-state index in [1.807, 2.05) is 19.1 Å². The molecule has 0 unspecified atom stereocenters. The fourth-order valence-corrected chi connectivity index (χ4v) is 4.27. The average Bonchev–Trinajstić information content (AvgIpc) is 2.74. The molecule has 1 amide bonds. The van der Waals surface area contributed by atoms with Crippen LogP contribution in [0.5, 0.6) is 5.88 Å². The van der Waals surface area contributed by atoms with Crippen molar-refractivity contribution in [1.82, 2.24) is 20.3 Å². The number of nitrogens with zero attached hydrogens (tertiary/aromatic N) is 4. The fraction of sp³-hybridized carbons (Fsp3) is 0.333. The Labute approximate surface area is 185 Å². The van der Waals surface area contributed by atoms with Crippen LogP contribution in [0.1, 0.15) is 12.0 Å². The molecule has 1 aliphatic heterocycles. The first-order valence-corrected chi connectivity index (χ1v) is 11.6. The van der Waals surface area contributed by atoms with Gasteiger partial charge in [0.2, 0.25) is 5.88 Å². The molecular formula is C21H22F2N6O2S. The first kappa shape index (κ1) is 22.0. The first-order valence-electron chi connectivity index (χ1n) is 10.0. The number of hydrogen-bond donors (Lipinski definition) is 2. The van der Waals surface area contributed by atoms with Crippen LogP contribution in [0.15, 0.2) is 41.2 Å². The Kier molecular flexibility index (Phi) is 6.84. The predicted octanol–water partition coefficient (Wildman–Crippen LogP) is 3.67. The monoisotopic (exact) mass is 460 g/mol. The van der Waals surface area contributed by atoms with Gasteiger partial charge in [-0.3, -0.25) is 4.79 Å². The Morgan fingerprint density at radius 1 is 1.28 bits per heavy atom. The molecule has 1 aromatic carbocycles. The van der Waals surface area contributed by atoms with E-state index in [4.69, 9.17) is 9.10 Å². The summed E-state index contributed by atoms with van der Waals surface area (Å²) in [5.74, 6) is 2.36. The Morgan fingerprint density at radius 2 is 2.12 bits per heavy atom. The molecule has 2 N–H and O–H groups in total. The second-order valence-electron chi connectivity index (χ2n) is 7.16. The van der Waals surface area contributed by atoms with Gasteiger partial charge in [0, 0.05) is 23.1 Å². The Balaban J connectivity index is 1.55. The van der Waals surface area contributed by atoms with Crippen LogP contribution in [0.2, 0.25) is 0 Å². The maximum Gasteiger partial charge on any atom is 0.258 e. The van der Waals surface area contributed by atoms with Crippen LogP contribution in [-0.2, 0) is 15.5 Å². The molecule has 0 saturated carbocycles. The molecule has 0 atom stereocenters. The number of alkyl halides is 2. The van der Waals surface area contributed by atoms with E-state index in [-0.39, 0.29) is 16.6 Å². The van der Waals surface area contributed by atoms with Crippen molar-refractivity contribution in [2.75, 3.05) is 30.0 Å². The van der Waals surface area contributed by atoms with Gasteiger partial charge in [0.15, 0.2) is 6.61 Å². The summed E-state index contributed by atoms with van der Waals surface area (Å²) < 4.78 is 34.7. The third-order valence-corrected chi connectivity index (χ3v) is 6.72. The number of aryl methyl sites for hydroxylation is 1. The van der Waals surface area contributed by atoms with Crippen LogP contribution in [-0.4, -0.2) is 51.9 Å². The summed E-state index contributed by atoms with van der Waals surface area (Å²) in [5, 5.41) is 6.12. The molecule has 3 heterocycles. The van der Waals surface area contributed by atoms with E-state index in [0.717, 1.165) is 33.7 Å². The van der Waals surface area contributed by atoms with Crippen molar-refractivity contribution >= 4 is 44.7 Å². The molecule has 0 spiro atoms. The van der Waals surface area contributed by atoms with E-state index in [1.165, 1.54) is 18.9 Å². The minimum Gasteiger partial charge on any atom is -0.466 e. The van der Waals surface area contributed by atoms with Crippen molar-refractivity contribution in [3.63, 3.8) is 0 Å². The molecule has 8 nitrogen and oxygen atoms in total. The zero-order chi connectivity index (χ0) is 22.5. The van der Waals surface area contributed by atoms with Crippen molar-refractivity contribution in [3.8, 4) is 5.88 Å². The lowest BCUT2D eigenvalue weighted by Gasteiger charge is -2.17. The summed E-state index contributed by atoms with van der Waals surface area (Å²) in [6, 6.07) is 7.41. The summed E-state index contributed by atoms with van der Waals surface area (Å²) >= 11 is 0. The average molecular weight is 461 g/mol. The second-order valence-corrected chi connectivity index (χ2v) is 9.08. The van der Waals surface area contributed by atoms with Crippen molar-refractivity contribution < 1.29 is 18.3 Å². The molecule has 4 rings (SSSR count). The molecule has 32 heavy (non-hydrogen) atoms. The molecule has 0 bridgehead atoms. The number of aromatic nitrogens is 3. The molecule has 1 saturated heterocycles. The molecule has 1 fully saturated rings. The largest absolute Gasteiger partial charge is 0.466 e. The SMILES string of the molecule is Cc1cc(N=S2CCC2)cc2ncnc(Nc3cccnc3OCC(=O)NCC(F)F)c12. The smallest absolute Gasteiger partial charge is 0.258 e. The highest BCUT2D eigenvalue weighted by Gasteiger charge is 2.14. The van der Waals surface area contributed by atoms with Crippen LogP contribution >= 0.6 is 0 Å². The van der Waals surface area contributed by atoms with Crippen molar-refractivity contribution in [3.05, 3.63) is 42.4 Å². The molecule has 0 aliphatic carbocycles. The lowest BCUT2D eigenvalue weighted by atomic mass is 10.1. The number of halogens is 2. The van der Waals surface area contributed by atoms with Crippen molar-refractivity contribution in [2.45, 2.75) is 19.8 Å². The molecule has 2 aromatic heterocycles.